The fraction of sp³-hybridized carbons (Fsp3) is 0.667. The second-order valence-corrected chi connectivity index (χ2v) is 9.52. The van der Waals surface area contributed by atoms with Crippen LogP contribution in [-0.2, 0) is 14.9 Å². The first-order chi connectivity index (χ1) is 13.8. The minimum absolute atomic E-state index is 0.0666. The molecule has 0 aromatic heterocycles. The van der Waals surface area contributed by atoms with Crippen molar-refractivity contribution in [2.75, 3.05) is 46.4 Å². The molecule has 1 aromatic carbocycles. The quantitative estimate of drug-likeness (QED) is 0.447. The van der Waals surface area contributed by atoms with Crippen molar-refractivity contribution in [2.45, 2.75) is 50.0 Å². The molecule has 2 aliphatic rings. The minimum Gasteiger partial charge on any atom is -0.370 e. The van der Waals surface area contributed by atoms with Crippen molar-refractivity contribution in [3.05, 3.63) is 29.8 Å². The van der Waals surface area contributed by atoms with Gasteiger partial charge >= 0.3 is 0 Å². The van der Waals surface area contributed by atoms with Crippen LogP contribution in [0, 0.1) is 6.92 Å². The van der Waals surface area contributed by atoms with E-state index >= 15 is 0 Å². The molecule has 0 bridgehead atoms. The van der Waals surface area contributed by atoms with Gasteiger partial charge in [-0.25, -0.2) is 9.98 Å². The monoisotopic (exact) mass is 424 g/mol. The zero-order chi connectivity index (χ0) is 21.2. The first kappa shape index (κ1) is 23.7. The maximum atomic E-state index is 10.5. The molecule has 162 valence electrons. The number of aliphatic imine (C=N–C) groups is 2. The number of aryl methyl sites for hydroxylation is 1. The highest BCUT2D eigenvalue weighted by atomic mass is 32.2. The highest BCUT2D eigenvalue weighted by Crippen LogP contribution is 2.19. The van der Waals surface area contributed by atoms with E-state index in [0.29, 0.717) is 6.04 Å². The van der Waals surface area contributed by atoms with Crippen LogP contribution in [0.4, 0.5) is 0 Å². The van der Waals surface area contributed by atoms with Gasteiger partial charge in [0.25, 0.3) is 10.1 Å². The molecule has 0 unspecified atom stereocenters. The summed E-state index contributed by atoms with van der Waals surface area (Å²) in [5.41, 5.74) is 0.956. The molecule has 29 heavy (non-hydrogen) atoms. The van der Waals surface area contributed by atoms with Crippen LogP contribution in [0.1, 0.15) is 37.7 Å². The van der Waals surface area contributed by atoms with Crippen LogP contribution in [0.25, 0.3) is 0 Å². The largest absolute Gasteiger partial charge is 0.370 e. The first-order valence-corrected chi connectivity index (χ1v) is 11.8. The summed E-state index contributed by atoms with van der Waals surface area (Å²) in [6.45, 7) is 7.74. The number of quaternary nitrogens is 1. The maximum absolute atomic E-state index is 10.5. The average Bonchev–Trinajstić information content (AvgIpc) is 2.69. The molecule has 1 aromatic rings. The topological polar surface area (TPSA) is 88.3 Å². The van der Waals surface area contributed by atoms with Crippen molar-refractivity contribution in [3.8, 4) is 0 Å². The van der Waals surface area contributed by atoms with Crippen molar-refractivity contribution in [2.24, 2.45) is 9.98 Å². The highest BCUT2D eigenvalue weighted by molar-refractivity contribution is 7.85. The number of benzene rings is 1. The van der Waals surface area contributed by atoms with Gasteiger partial charge in [0.15, 0.2) is 0 Å². The van der Waals surface area contributed by atoms with Gasteiger partial charge in [0.05, 0.1) is 50.3 Å². The lowest BCUT2D eigenvalue weighted by molar-refractivity contribution is -0.915. The molecule has 1 saturated heterocycles. The van der Waals surface area contributed by atoms with Crippen LogP contribution < -0.4 is 0 Å². The van der Waals surface area contributed by atoms with Gasteiger partial charge in [0, 0.05) is 0 Å². The lowest BCUT2D eigenvalue weighted by atomic mass is 9.96. The Bertz CT molecular complexity index is 775. The molecule has 1 N–H and O–H groups in total. The number of hydrogen-bond acceptors (Lipinski definition) is 5. The second kappa shape index (κ2) is 11.6. The van der Waals surface area contributed by atoms with Crippen LogP contribution in [0.3, 0.4) is 0 Å². The third-order valence-corrected chi connectivity index (χ3v) is 6.37. The summed E-state index contributed by atoms with van der Waals surface area (Å²) in [6, 6.07) is 9.40. The summed E-state index contributed by atoms with van der Waals surface area (Å²) in [4.78, 5) is 8.71. The third-order valence-electron chi connectivity index (χ3n) is 5.51. The molecule has 1 saturated carbocycles. The summed E-state index contributed by atoms with van der Waals surface area (Å²) >= 11 is 0. The van der Waals surface area contributed by atoms with Crippen LogP contribution in [-0.4, -0.2) is 75.9 Å². The maximum Gasteiger partial charge on any atom is 0.294 e. The zero-order valence-corrected chi connectivity index (χ0v) is 18.4. The predicted molar refractivity (Wildman–Crippen MR) is 114 cm³/mol. The fourth-order valence-corrected chi connectivity index (χ4v) is 3.87. The second-order valence-electron chi connectivity index (χ2n) is 8.09. The van der Waals surface area contributed by atoms with Gasteiger partial charge in [-0.2, -0.15) is 8.42 Å². The molecule has 1 aliphatic heterocycles. The summed E-state index contributed by atoms with van der Waals surface area (Å²) in [6.07, 6.45) is 6.48. The van der Waals surface area contributed by atoms with E-state index in [9.17, 15) is 8.42 Å². The number of hydrogen-bond donors (Lipinski definition) is 1. The van der Waals surface area contributed by atoms with E-state index in [4.69, 9.17) is 9.29 Å². The van der Waals surface area contributed by atoms with Gasteiger partial charge in [-0.1, -0.05) is 37.0 Å². The van der Waals surface area contributed by atoms with E-state index in [1.807, 2.05) is 6.92 Å². The van der Waals surface area contributed by atoms with E-state index in [1.54, 1.807) is 12.1 Å². The lowest BCUT2D eigenvalue weighted by Gasteiger charge is -2.36. The van der Waals surface area contributed by atoms with Crippen LogP contribution >= 0.6 is 0 Å². The Kier molecular flexibility index (Phi) is 9.46. The van der Waals surface area contributed by atoms with Crippen molar-refractivity contribution in [1.29, 1.82) is 0 Å². The normalized spacial score (nSPS) is 19.4. The lowest BCUT2D eigenvalue weighted by Crippen LogP contribution is -2.53. The Morgan fingerprint density at radius 2 is 1.76 bits per heavy atom. The zero-order valence-electron chi connectivity index (χ0n) is 17.6. The van der Waals surface area contributed by atoms with Gasteiger partial charge in [-0.05, 0) is 31.9 Å². The van der Waals surface area contributed by atoms with Crippen LogP contribution in [0.5, 0.6) is 0 Å². The van der Waals surface area contributed by atoms with Gasteiger partial charge in [-0.15, -0.1) is 0 Å². The van der Waals surface area contributed by atoms with E-state index in [-0.39, 0.29) is 4.90 Å². The Morgan fingerprint density at radius 1 is 1.14 bits per heavy atom. The van der Waals surface area contributed by atoms with E-state index in [2.05, 4.69) is 23.0 Å². The van der Waals surface area contributed by atoms with Gasteiger partial charge in [-0.3, -0.25) is 4.55 Å². The summed E-state index contributed by atoms with van der Waals surface area (Å²) < 4.78 is 36.0. The SMILES string of the molecule is C[N+]1(CCN=C=NC2CCCCC2)CCOCC1.Cc1ccc(S(=O)(=O)O)cc1. The molecule has 1 aliphatic carbocycles. The van der Waals surface area contributed by atoms with Crippen molar-refractivity contribution < 1.29 is 22.2 Å². The summed E-state index contributed by atoms with van der Waals surface area (Å²) in [5, 5.41) is 0. The average molecular weight is 425 g/mol. The molecule has 8 heteroatoms. The van der Waals surface area contributed by atoms with Crippen LogP contribution in [0.2, 0.25) is 0 Å². The molecule has 7 nitrogen and oxygen atoms in total. The van der Waals surface area contributed by atoms with Gasteiger partial charge in [0.2, 0.25) is 0 Å². The Balaban J connectivity index is 0.000000234. The molecule has 0 radical (unpaired) electrons. The van der Waals surface area contributed by atoms with Crippen LogP contribution in [0.15, 0.2) is 39.1 Å². The molecular weight excluding hydrogens is 390 g/mol. The molecule has 3 rings (SSSR count). The first-order valence-electron chi connectivity index (χ1n) is 10.4. The Labute approximate surface area is 174 Å². The highest BCUT2D eigenvalue weighted by Gasteiger charge is 2.24. The van der Waals surface area contributed by atoms with Crippen molar-refractivity contribution in [1.82, 2.24) is 0 Å². The number of rotatable bonds is 5. The molecule has 0 amide bonds. The van der Waals surface area contributed by atoms with Crippen molar-refractivity contribution in [3.63, 3.8) is 0 Å². The number of ether oxygens (including phenoxy) is 1. The molecule has 0 spiro atoms. The molecule has 2 fully saturated rings. The molecule has 0 atom stereocenters. The molecule has 1 heterocycles. The summed E-state index contributed by atoms with van der Waals surface area (Å²) in [7, 11) is -1.73. The van der Waals surface area contributed by atoms with E-state index < -0.39 is 10.1 Å². The number of nitrogens with zero attached hydrogens (tertiary/aromatic N) is 3. The van der Waals surface area contributed by atoms with E-state index in [0.717, 1.165) is 49.4 Å². The number of likely N-dealkylation sites (N-methyl/N-ethyl adjacent to an activating group) is 1. The fourth-order valence-electron chi connectivity index (χ4n) is 3.39. The Morgan fingerprint density at radius 3 is 2.34 bits per heavy atom. The van der Waals surface area contributed by atoms with Gasteiger partial charge < -0.3 is 9.22 Å². The van der Waals surface area contributed by atoms with Crippen molar-refractivity contribution >= 4 is 16.1 Å². The molecular formula is C21H34N3O4S+. The summed E-state index contributed by atoms with van der Waals surface area (Å²) in [5.74, 6) is 0. The Hall–Kier alpha value is -1.57. The smallest absolute Gasteiger partial charge is 0.294 e. The third kappa shape index (κ3) is 9.19. The van der Waals surface area contributed by atoms with Gasteiger partial charge in [0.1, 0.15) is 13.1 Å². The standard InChI is InChI=1S/C14H26N3O.C7H8O3S/c1-17(9-11-18-12-10-17)8-7-15-13-16-14-5-3-2-4-6-14;1-6-2-4-7(5-3-6)11(8,9)10/h14H,2-12H2,1H3;2-5H,1H3,(H,8,9,10)/q+1;. The minimum atomic E-state index is -4.02. The number of morpholine rings is 1. The predicted octanol–water partition coefficient (Wildman–Crippen LogP) is 3.21. The van der Waals surface area contributed by atoms with E-state index in [1.165, 1.54) is 44.2 Å².